The maximum absolute atomic E-state index is 13.1. The van der Waals surface area contributed by atoms with Gasteiger partial charge in [0.15, 0.2) is 0 Å². The Bertz CT molecular complexity index is 467. The number of hydrogen-bond donors (Lipinski definition) is 1. The fourth-order valence-electron chi connectivity index (χ4n) is 3.20. The van der Waals surface area contributed by atoms with Gasteiger partial charge in [-0.05, 0) is 43.0 Å². The summed E-state index contributed by atoms with van der Waals surface area (Å²) < 4.78 is 39.3. The van der Waals surface area contributed by atoms with Crippen LogP contribution in [0.1, 0.15) is 56.2 Å². The van der Waals surface area contributed by atoms with Crippen LogP contribution in [0, 0.1) is 5.92 Å². The first kappa shape index (κ1) is 16.8. The zero-order valence-electron chi connectivity index (χ0n) is 12.1. The number of rotatable bonds is 4. The summed E-state index contributed by atoms with van der Waals surface area (Å²) in [5.74, 6) is 0.431. The Hall–Kier alpha value is -0.550. The summed E-state index contributed by atoms with van der Waals surface area (Å²) in [7, 11) is 0. The number of benzene rings is 1. The van der Waals surface area contributed by atoms with Gasteiger partial charge in [-0.3, -0.25) is 0 Å². The number of hydrogen-bond acceptors (Lipinski definition) is 1. The molecule has 0 amide bonds. The molecule has 1 aliphatic carbocycles. The summed E-state index contributed by atoms with van der Waals surface area (Å²) in [4.78, 5) is 0. The van der Waals surface area contributed by atoms with E-state index in [9.17, 15) is 13.2 Å². The van der Waals surface area contributed by atoms with E-state index >= 15 is 0 Å². The van der Waals surface area contributed by atoms with Crippen LogP contribution in [0.25, 0.3) is 0 Å². The third-order valence-corrected chi connectivity index (χ3v) is 4.89. The molecule has 0 heterocycles. The van der Waals surface area contributed by atoms with Gasteiger partial charge >= 0.3 is 6.18 Å². The second-order valence-corrected chi connectivity index (χ2v) is 6.52. The fourth-order valence-corrected chi connectivity index (χ4v) is 3.67. The molecule has 0 saturated heterocycles. The molecule has 1 nitrogen and oxygen atoms in total. The molecule has 1 aliphatic rings. The van der Waals surface area contributed by atoms with E-state index < -0.39 is 11.7 Å². The first-order valence-electron chi connectivity index (χ1n) is 7.53. The van der Waals surface area contributed by atoms with Crippen molar-refractivity contribution >= 4 is 15.9 Å². The average Bonchev–Trinajstić information content (AvgIpc) is 2.45. The molecule has 2 rings (SSSR count). The minimum absolute atomic E-state index is 0.0181. The van der Waals surface area contributed by atoms with Crippen molar-refractivity contribution in [2.24, 2.45) is 5.92 Å². The maximum atomic E-state index is 13.1. The minimum Gasteiger partial charge on any atom is -0.310 e. The van der Waals surface area contributed by atoms with E-state index in [0.717, 1.165) is 24.9 Å². The molecular formula is C16H21BrF3N. The molecule has 1 unspecified atom stereocenters. The molecule has 1 aromatic carbocycles. The molecule has 21 heavy (non-hydrogen) atoms. The van der Waals surface area contributed by atoms with Gasteiger partial charge < -0.3 is 5.32 Å². The summed E-state index contributed by atoms with van der Waals surface area (Å²) >= 11 is 3.01. The molecule has 0 spiro atoms. The Balaban J connectivity index is 2.31. The van der Waals surface area contributed by atoms with E-state index in [2.05, 4.69) is 21.2 Å². The van der Waals surface area contributed by atoms with Crippen molar-refractivity contribution in [2.45, 2.75) is 51.2 Å². The van der Waals surface area contributed by atoms with E-state index in [1.807, 2.05) is 6.92 Å². The van der Waals surface area contributed by atoms with Crippen LogP contribution in [0.5, 0.6) is 0 Å². The third kappa shape index (κ3) is 4.22. The lowest BCUT2D eigenvalue weighted by Crippen LogP contribution is -2.30. The summed E-state index contributed by atoms with van der Waals surface area (Å²) in [6.45, 7) is 2.76. The lowest BCUT2D eigenvalue weighted by Gasteiger charge is -2.31. The largest absolute Gasteiger partial charge is 0.417 e. The predicted molar refractivity (Wildman–Crippen MR) is 82.1 cm³/mol. The second kappa shape index (κ2) is 7.14. The first-order valence-corrected chi connectivity index (χ1v) is 8.32. The normalized spacial score (nSPS) is 18.7. The molecule has 0 aliphatic heterocycles. The molecular weight excluding hydrogens is 343 g/mol. The number of alkyl halides is 3. The lowest BCUT2D eigenvalue weighted by atomic mass is 9.81. The topological polar surface area (TPSA) is 12.0 Å². The number of nitrogens with one attached hydrogen (secondary N) is 1. The number of halogens is 4. The molecule has 1 N–H and O–H groups in total. The zero-order valence-corrected chi connectivity index (χ0v) is 13.7. The molecule has 1 aromatic rings. The van der Waals surface area contributed by atoms with Crippen LogP contribution in [-0.4, -0.2) is 6.54 Å². The van der Waals surface area contributed by atoms with Crippen LogP contribution in [0.3, 0.4) is 0 Å². The fraction of sp³-hybridized carbons (Fsp3) is 0.625. The first-order chi connectivity index (χ1) is 9.93. The van der Waals surface area contributed by atoms with Crippen LogP contribution >= 0.6 is 15.9 Å². The van der Waals surface area contributed by atoms with Crippen LogP contribution in [-0.2, 0) is 6.18 Å². The molecule has 1 fully saturated rings. The zero-order chi connectivity index (χ0) is 15.5. The van der Waals surface area contributed by atoms with E-state index in [4.69, 9.17) is 0 Å². The van der Waals surface area contributed by atoms with E-state index in [-0.39, 0.29) is 10.5 Å². The van der Waals surface area contributed by atoms with Crippen molar-refractivity contribution in [1.29, 1.82) is 0 Å². The molecule has 0 aromatic heterocycles. The van der Waals surface area contributed by atoms with Gasteiger partial charge in [0.1, 0.15) is 0 Å². The molecule has 118 valence electrons. The highest BCUT2D eigenvalue weighted by Crippen LogP contribution is 2.39. The van der Waals surface area contributed by atoms with Gasteiger partial charge in [0.2, 0.25) is 0 Å². The van der Waals surface area contributed by atoms with Crippen molar-refractivity contribution in [2.75, 3.05) is 6.54 Å². The van der Waals surface area contributed by atoms with Crippen LogP contribution in [0.4, 0.5) is 13.2 Å². The molecule has 1 atom stereocenters. The van der Waals surface area contributed by atoms with Gasteiger partial charge in [-0.2, -0.15) is 13.2 Å². The van der Waals surface area contributed by atoms with Gasteiger partial charge in [0.05, 0.1) is 5.56 Å². The maximum Gasteiger partial charge on any atom is 0.417 e. The monoisotopic (exact) mass is 363 g/mol. The standard InChI is InChI=1S/C16H21BrF3N/c1-2-21-15(11-6-4-3-5-7-11)12-8-9-14(17)13(10-12)16(18,19)20/h8-11,15,21H,2-7H2,1H3. The minimum atomic E-state index is -4.32. The van der Waals surface area contributed by atoms with E-state index in [1.165, 1.54) is 31.4 Å². The molecule has 5 heteroatoms. The Kier molecular flexibility index (Phi) is 5.72. The van der Waals surface area contributed by atoms with Crippen LogP contribution in [0.2, 0.25) is 0 Å². The van der Waals surface area contributed by atoms with Crippen LogP contribution in [0.15, 0.2) is 22.7 Å². The van der Waals surface area contributed by atoms with Crippen LogP contribution < -0.4 is 5.32 Å². The Labute approximate surface area is 132 Å². The van der Waals surface area contributed by atoms with Gasteiger partial charge in [0, 0.05) is 10.5 Å². The molecule has 0 bridgehead atoms. The predicted octanol–water partition coefficient (Wildman–Crippen LogP) is 5.70. The van der Waals surface area contributed by atoms with E-state index in [0.29, 0.717) is 5.92 Å². The summed E-state index contributed by atoms with van der Waals surface area (Å²) in [6.07, 6.45) is 1.45. The third-order valence-electron chi connectivity index (χ3n) is 4.20. The Morgan fingerprint density at radius 1 is 1.24 bits per heavy atom. The smallest absolute Gasteiger partial charge is 0.310 e. The average molecular weight is 364 g/mol. The SMILES string of the molecule is CCNC(c1ccc(Br)c(C(F)(F)F)c1)C1CCCCC1. The van der Waals surface area contributed by atoms with Gasteiger partial charge in [-0.25, -0.2) is 0 Å². The van der Waals surface area contributed by atoms with Gasteiger partial charge in [-0.1, -0.05) is 48.2 Å². The van der Waals surface area contributed by atoms with Crippen molar-refractivity contribution < 1.29 is 13.2 Å². The highest BCUT2D eigenvalue weighted by Gasteiger charge is 2.34. The molecule has 0 radical (unpaired) electrons. The summed E-state index contributed by atoms with van der Waals surface area (Å²) in [5, 5.41) is 3.38. The summed E-state index contributed by atoms with van der Waals surface area (Å²) in [6, 6.07) is 4.64. The quantitative estimate of drug-likeness (QED) is 0.723. The molecule has 1 saturated carbocycles. The van der Waals surface area contributed by atoms with Crippen molar-refractivity contribution in [3.05, 3.63) is 33.8 Å². The highest BCUT2D eigenvalue weighted by atomic mass is 79.9. The van der Waals surface area contributed by atoms with Crippen molar-refractivity contribution in [3.8, 4) is 0 Å². The van der Waals surface area contributed by atoms with Gasteiger partial charge in [0.25, 0.3) is 0 Å². The van der Waals surface area contributed by atoms with Gasteiger partial charge in [-0.15, -0.1) is 0 Å². The highest BCUT2D eigenvalue weighted by molar-refractivity contribution is 9.10. The Morgan fingerprint density at radius 3 is 2.48 bits per heavy atom. The Morgan fingerprint density at radius 2 is 1.90 bits per heavy atom. The second-order valence-electron chi connectivity index (χ2n) is 5.67. The van der Waals surface area contributed by atoms with E-state index in [1.54, 1.807) is 6.07 Å². The van der Waals surface area contributed by atoms with Crippen molar-refractivity contribution in [1.82, 2.24) is 5.32 Å². The summed E-state index contributed by atoms with van der Waals surface area (Å²) in [5.41, 5.74) is 0.165. The lowest BCUT2D eigenvalue weighted by molar-refractivity contribution is -0.138. The van der Waals surface area contributed by atoms with Crippen molar-refractivity contribution in [3.63, 3.8) is 0 Å².